The number of methoxy groups -OCH3 is 1. The monoisotopic (exact) mass is 401 g/mol. The average Bonchev–Trinajstić information content (AvgIpc) is 2.88. The maximum absolute atomic E-state index is 12.7. The van der Waals surface area contributed by atoms with Gasteiger partial charge in [0.05, 0.1) is 24.7 Å². The number of aromatic nitrogens is 2. The molecule has 0 aliphatic heterocycles. The van der Waals surface area contributed by atoms with Crippen LogP contribution in [0, 0.1) is 0 Å². The minimum absolute atomic E-state index is 0.0683. The van der Waals surface area contributed by atoms with Gasteiger partial charge in [-0.05, 0) is 24.3 Å². The van der Waals surface area contributed by atoms with Crippen molar-refractivity contribution in [1.29, 1.82) is 0 Å². The number of ether oxygens (including phenoxy) is 1. The fourth-order valence-electron chi connectivity index (χ4n) is 2.66. The highest BCUT2D eigenvalue weighted by atomic mass is 79.9. The second-order valence-electron chi connectivity index (χ2n) is 5.45. The van der Waals surface area contributed by atoms with E-state index in [1.54, 1.807) is 28.3 Å². The van der Waals surface area contributed by atoms with E-state index in [4.69, 9.17) is 0 Å². The number of nitrogens with zero attached hydrogens (tertiary/aromatic N) is 3. The van der Waals surface area contributed by atoms with Crippen LogP contribution in [0.2, 0.25) is 0 Å². The Balaban J connectivity index is 2.12. The summed E-state index contributed by atoms with van der Waals surface area (Å²) in [5.41, 5.74) is 2.64. The zero-order chi connectivity index (χ0) is 18.0. The molecule has 0 aliphatic rings. The van der Waals surface area contributed by atoms with Crippen LogP contribution in [-0.4, -0.2) is 28.1 Å². The van der Waals surface area contributed by atoms with Crippen LogP contribution in [0.25, 0.3) is 11.0 Å². The molecule has 0 N–H and O–H groups in total. The number of carbonyl (C=O) groups is 2. The summed E-state index contributed by atoms with van der Waals surface area (Å²) in [5, 5.41) is 0. The van der Waals surface area contributed by atoms with Gasteiger partial charge in [-0.2, -0.15) is 0 Å². The molecule has 3 aromatic rings. The first-order chi connectivity index (χ1) is 12.0. The van der Waals surface area contributed by atoms with Gasteiger partial charge in [0.15, 0.2) is 5.78 Å². The summed E-state index contributed by atoms with van der Waals surface area (Å²) >= 11 is 3.36. The summed E-state index contributed by atoms with van der Waals surface area (Å²) in [6.45, 7) is 0.0683. The second-order valence-corrected chi connectivity index (χ2v) is 6.36. The van der Waals surface area contributed by atoms with Gasteiger partial charge in [0.1, 0.15) is 0 Å². The highest BCUT2D eigenvalue weighted by Crippen LogP contribution is 2.14. The number of carbonyl (C=O) groups excluding carboxylic acids is 2. The van der Waals surface area contributed by atoms with E-state index in [0.717, 1.165) is 15.5 Å². The third-order valence-electron chi connectivity index (χ3n) is 3.91. The molecule has 0 spiro atoms. The van der Waals surface area contributed by atoms with Crippen molar-refractivity contribution < 1.29 is 14.3 Å². The minimum atomic E-state index is -0.712. The first-order valence-electron chi connectivity index (χ1n) is 7.57. The topological polar surface area (TPSA) is 65.6 Å². The predicted octanol–water partition coefficient (Wildman–Crippen LogP) is 3.29. The van der Waals surface area contributed by atoms with E-state index in [-0.39, 0.29) is 12.3 Å². The first-order valence-corrected chi connectivity index (χ1v) is 8.36. The number of benzene rings is 2. The Morgan fingerprint density at radius 3 is 2.36 bits per heavy atom. The van der Waals surface area contributed by atoms with Gasteiger partial charge in [-0.25, -0.2) is 4.79 Å². The molecule has 0 fully saturated rings. The predicted molar refractivity (Wildman–Crippen MR) is 97.3 cm³/mol. The lowest BCUT2D eigenvalue weighted by Crippen LogP contribution is -2.28. The molecule has 7 heteroatoms. The second kappa shape index (κ2) is 7.06. The Bertz CT molecular complexity index is 1020. The van der Waals surface area contributed by atoms with Crippen molar-refractivity contribution in [3.63, 3.8) is 0 Å². The van der Waals surface area contributed by atoms with E-state index in [1.807, 2.05) is 36.4 Å². The lowest BCUT2D eigenvalue weighted by molar-refractivity contribution is 0.0971. The number of Topliss-reactive ketones (excluding diaryl/α,β-unsaturated/α-hetero) is 1. The van der Waals surface area contributed by atoms with E-state index in [9.17, 15) is 9.59 Å². The van der Waals surface area contributed by atoms with Crippen molar-refractivity contribution in [3.8, 4) is 0 Å². The lowest BCUT2D eigenvalue weighted by atomic mass is 10.1. The van der Waals surface area contributed by atoms with Crippen LogP contribution in [0.15, 0.2) is 58.0 Å². The molecule has 1 amide bonds. The van der Waals surface area contributed by atoms with Gasteiger partial charge < -0.3 is 13.9 Å². The average molecular weight is 402 g/mol. The Morgan fingerprint density at radius 1 is 1.08 bits per heavy atom. The molecule has 2 aromatic carbocycles. The summed E-state index contributed by atoms with van der Waals surface area (Å²) in [6.07, 6.45) is -0.712. The Hall–Kier alpha value is -2.67. The van der Waals surface area contributed by atoms with E-state index in [2.05, 4.69) is 25.7 Å². The number of rotatable bonds is 3. The van der Waals surface area contributed by atoms with E-state index >= 15 is 0 Å². The van der Waals surface area contributed by atoms with E-state index in [0.29, 0.717) is 11.2 Å². The number of halogens is 1. The number of hydrogen-bond acceptors (Lipinski definition) is 3. The molecule has 0 saturated carbocycles. The third-order valence-corrected chi connectivity index (χ3v) is 4.44. The molecule has 0 saturated heterocycles. The van der Waals surface area contributed by atoms with Crippen molar-refractivity contribution in [3.05, 3.63) is 64.2 Å². The van der Waals surface area contributed by atoms with Crippen LogP contribution >= 0.6 is 15.9 Å². The molecular weight excluding hydrogens is 386 g/mol. The molecule has 25 heavy (non-hydrogen) atoms. The molecule has 0 bridgehead atoms. The van der Waals surface area contributed by atoms with Crippen LogP contribution < -0.4 is 5.62 Å². The maximum Gasteiger partial charge on any atom is 0.436 e. The molecule has 0 unspecified atom stereocenters. The normalized spacial score (nSPS) is 11.7. The van der Waals surface area contributed by atoms with Crippen molar-refractivity contribution in [2.75, 3.05) is 7.11 Å². The molecule has 0 atom stereocenters. The Kier molecular flexibility index (Phi) is 4.85. The van der Waals surface area contributed by atoms with E-state index in [1.165, 1.54) is 7.11 Å². The number of ketones is 1. The number of amides is 1. The zero-order valence-electron chi connectivity index (χ0n) is 13.8. The molecule has 3 rings (SSSR count). The standard InChI is InChI=1S/C18H16BrN3O3/c1-21-14-5-3-4-6-15(14)22(17(21)20-18(24)25-2)11-16(23)12-7-9-13(19)10-8-12/h3-10H,11H2,1-2H3/b20-17-. The van der Waals surface area contributed by atoms with Crippen molar-refractivity contribution >= 4 is 38.8 Å². The van der Waals surface area contributed by atoms with Gasteiger partial charge in [0.25, 0.3) is 0 Å². The molecule has 6 nitrogen and oxygen atoms in total. The van der Waals surface area contributed by atoms with Crippen LogP contribution in [0.3, 0.4) is 0 Å². The largest absolute Gasteiger partial charge is 0.451 e. The fraction of sp³-hybridized carbons (Fsp3) is 0.167. The molecule has 128 valence electrons. The SMILES string of the molecule is COC(=O)/N=c1/n(C)c2ccccc2n1CC(=O)c1ccc(Br)cc1. The molecule has 1 heterocycles. The van der Waals surface area contributed by atoms with Crippen LogP contribution in [0.1, 0.15) is 10.4 Å². The molecule has 0 radical (unpaired) electrons. The molecule has 0 aliphatic carbocycles. The van der Waals surface area contributed by atoms with Crippen LogP contribution in [-0.2, 0) is 18.3 Å². The summed E-state index contributed by atoms with van der Waals surface area (Å²) in [6, 6.07) is 14.7. The summed E-state index contributed by atoms with van der Waals surface area (Å²) in [4.78, 5) is 28.3. The van der Waals surface area contributed by atoms with Crippen molar-refractivity contribution in [2.24, 2.45) is 12.0 Å². The van der Waals surface area contributed by atoms with Crippen LogP contribution in [0.5, 0.6) is 0 Å². The van der Waals surface area contributed by atoms with Gasteiger partial charge in [0.2, 0.25) is 5.62 Å². The summed E-state index contributed by atoms with van der Waals surface area (Å²) < 4.78 is 9.03. The number of aryl methyl sites for hydroxylation is 1. The number of fused-ring (bicyclic) bond motifs is 1. The van der Waals surface area contributed by atoms with Gasteiger partial charge in [-0.1, -0.05) is 40.2 Å². The quantitative estimate of drug-likeness (QED) is 0.632. The van der Waals surface area contributed by atoms with Gasteiger partial charge >= 0.3 is 6.09 Å². The maximum atomic E-state index is 12.7. The van der Waals surface area contributed by atoms with E-state index < -0.39 is 6.09 Å². The number of para-hydroxylation sites is 2. The zero-order valence-corrected chi connectivity index (χ0v) is 15.4. The highest BCUT2D eigenvalue weighted by Gasteiger charge is 2.14. The number of imidazole rings is 1. The van der Waals surface area contributed by atoms with Gasteiger partial charge in [-0.3, -0.25) is 4.79 Å². The van der Waals surface area contributed by atoms with Crippen molar-refractivity contribution in [2.45, 2.75) is 6.54 Å². The number of hydrogen-bond donors (Lipinski definition) is 0. The molecular formula is C18H16BrN3O3. The first kappa shape index (κ1) is 17.2. The lowest BCUT2D eigenvalue weighted by Gasteiger charge is -2.05. The Labute approximate surface area is 152 Å². The smallest absolute Gasteiger partial charge is 0.436 e. The third kappa shape index (κ3) is 3.41. The fourth-order valence-corrected chi connectivity index (χ4v) is 2.93. The highest BCUT2D eigenvalue weighted by molar-refractivity contribution is 9.10. The summed E-state index contributed by atoms with van der Waals surface area (Å²) in [5.74, 6) is -0.0739. The minimum Gasteiger partial charge on any atom is -0.451 e. The van der Waals surface area contributed by atoms with Crippen molar-refractivity contribution in [1.82, 2.24) is 9.13 Å². The summed E-state index contributed by atoms with van der Waals surface area (Å²) in [7, 11) is 3.07. The molecule has 1 aromatic heterocycles. The van der Waals surface area contributed by atoms with Gasteiger partial charge in [-0.15, -0.1) is 4.99 Å². The van der Waals surface area contributed by atoms with Gasteiger partial charge in [0, 0.05) is 17.1 Å². The van der Waals surface area contributed by atoms with Crippen LogP contribution in [0.4, 0.5) is 4.79 Å². The Morgan fingerprint density at radius 2 is 1.72 bits per heavy atom.